The molecule has 6 aromatic rings. The molecule has 4 heterocycles. The molecular formula is C32H36N8O4. The minimum Gasteiger partial charge on any atom is -0.422 e. The SMILES string of the molecule is Cc1cc(CC(C)C)n(-c2nc3ccccc3c(=O)n2O)n1.Cc1cc(CC(C)C)nn1-c1nc2ccccc2c(=O)n1O. The fourth-order valence-electron chi connectivity index (χ4n) is 5.05. The van der Waals surface area contributed by atoms with Gasteiger partial charge in [-0.15, -0.1) is 9.46 Å². The molecule has 0 aliphatic carbocycles. The lowest BCUT2D eigenvalue weighted by Crippen LogP contribution is -2.25. The first-order valence-electron chi connectivity index (χ1n) is 14.5. The molecule has 0 unspecified atom stereocenters. The average molecular weight is 597 g/mol. The summed E-state index contributed by atoms with van der Waals surface area (Å²) in [5.74, 6) is 1.13. The van der Waals surface area contributed by atoms with Gasteiger partial charge in [-0.3, -0.25) is 9.59 Å². The smallest absolute Gasteiger partial charge is 0.295 e. The van der Waals surface area contributed by atoms with Crippen LogP contribution in [-0.2, 0) is 12.8 Å². The van der Waals surface area contributed by atoms with Crippen molar-refractivity contribution >= 4 is 21.8 Å². The highest BCUT2D eigenvalue weighted by molar-refractivity contribution is 5.78. The molecule has 12 heteroatoms. The predicted octanol–water partition coefficient (Wildman–Crippen LogP) is 4.65. The van der Waals surface area contributed by atoms with Gasteiger partial charge in [0.1, 0.15) is 0 Å². The quantitative estimate of drug-likeness (QED) is 0.264. The molecule has 4 aromatic heterocycles. The standard InChI is InChI=1S/2C16H18N4O2/c1-10(2)8-12-9-11(3)19(18-12)16-17-14-7-5-4-6-13(14)15(21)20(16)22;1-10(2)8-12-9-11(3)18-19(12)16-17-14-7-5-4-6-13(14)15(21)20(16)22/h2*4-7,9-10,22H,8H2,1-3H3. The van der Waals surface area contributed by atoms with Crippen LogP contribution in [-0.4, -0.2) is 49.4 Å². The Morgan fingerprint density at radius 3 is 1.70 bits per heavy atom. The van der Waals surface area contributed by atoms with Crippen molar-refractivity contribution in [1.29, 1.82) is 0 Å². The van der Waals surface area contributed by atoms with Crippen molar-refractivity contribution in [3.8, 4) is 11.9 Å². The first-order chi connectivity index (χ1) is 20.9. The van der Waals surface area contributed by atoms with E-state index in [0.29, 0.717) is 43.1 Å². The number of para-hydroxylation sites is 2. The third-order valence-electron chi connectivity index (χ3n) is 6.93. The van der Waals surface area contributed by atoms with Gasteiger partial charge in [0.25, 0.3) is 23.0 Å². The van der Waals surface area contributed by atoms with Gasteiger partial charge in [-0.05, 0) is 74.9 Å². The largest absolute Gasteiger partial charge is 0.422 e. The molecule has 2 N–H and O–H groups in total. The summed E-state index contributed by atoms with van der Waals surface area (Å²) in [5, 5.41) is 29.9. The monoisotopic (exact) mass is 596 g/mol. The molecule has 0 aliphatic heterocycles. The van der Waals surface area contributed by atoms with Gasteiger partial charge in [-0.2, -0.15) is 10.2 Å². The lowest BCUT2D eigenvalue weighted by molar-refractivity contribution is 0.169. The highest BCUT2D eigenvalue weighted by Crippen LogP contribution is 2.17. The number of hydrogen-bond donors (Lipinski definition) is 2. The highest BCUT2D eigenvalue weighted by atomic mass is 16.5. The van der Waals surface area contributed by atoms with Gasteiger partial charge in [0, 0.05) is 11.4 Å². The minimum atomic E-state index is -0.499. The molecule has 0 saturated heterocycles. The zero-order valence-corrected chi connectivity index (χ0v) is 25.6. The fraction of sp³-hybridized carbons (Fsp3) is 0.312. The Bertz CT molecular complexity index is 2080. The Hall–Kier alpha value is -5.26. The summed E-state index contributed by atoms with van der Waals surface area (Å²) in [6.45, 7) is 12.2. The van der Waals surface area contributed by atoms with E-state index < -0.39 is 11.1 Å². The molecule has 0 aliphatic rings. The van der Waals surface area contributed by atoms with Gasteiger partial charge in [0.2, 0.25) is 0 Å². The second kappa shape index (κ2) is 12.2. The van der Waals surface area contributed by atoms with E-state index in [4.69, 9.17) is 0 Å². The molecule has 0 spiro atoms. The maximum absolute atomic E-state index is 12.3. The van der Waals surface area contributed by atoms with Crippen LogP contribution < -0.4 is 11.1 Å². The lowest BCUT2D eigenvalue weighted by Gasteiger charge is -2.11. The number of benzene rings is 2. The van der Waals surface area contributed by atoms with Crippen molar-refractivity contribution in [2.45, 2.75) is 54.4 Å². The van der Waals surface area contributed by atoms with Crippen molar-refractivity contribution in [3.05, 3.63) is 104 Å². The van der Waals surface area contributed by atoms with Crippen LogP contribution in [0.15, 0.2) is 70.3 Å². The van der Waals surface area contributed by atoms with Crippen LogP contribution in [0.4, 0.5) is 0 Å². The summed E-state index contributed by atoms with van der Waals surface area (Å²) >= 11 is 0. The van der Waals surface area contributed by atoms with Crippen LogP contribution >= 0.6 is 0 Å². The van der Waals surface area contributed by atoms with E-state index in [1.165, 1.54) is 4.68 Å². The van der Waals surface area contributed by atoms with Crippen molar-refractivity contribution in [2.24, 2.45) is 11.8 Å². The Balaban J connectivity index is 0.000000175. The van der Waals surface area contributed by atoms with E-state index in [2.05, 4.69) is 47.9 Å². The molecule has 0 radical (unpaired) electrons. The van der Waals surface area contributed by atoms with E-state index >= 15 is 0 Å². The van der Waals surface area contributed by atoms with Gasteiger partial charge in [0.15, 0.2) is 0 Å². The number of rotatable bonds is 6. The first-order valence-corrected chi connectivity index (χ1v) is 14.5. The first kappa shape index (κ1) is 30.2. The van der Waals surface area contributed by atoms with Crippen molar-refractivity contribution in [2.75, 3.05) is 0 Å². The zero-order valence-electron chi connectivity index (χ0n) is 25.6. The molecule has 0 amide bonds. The summed E-state index contributed by atoms with van der Waals surface area (Å²) in [7, 11) is 0. The lowest BCUT2D eigenvalue weighted by atomic mass is 10.1. The normalized spacial score (nSPS) is 11.5. The van der Waals surface area contributed by atoms with Crippen LogP contribution in [0.3, 0.4) is 0 Å². The van der Waals surface area contributed by atoms with Crippen LogP contribution in [0.2, 0.25) is 0 Å². The molecular weight excluding hydrogens is 560 g/mol. The molecule has 0 saturated carbocycles. The fourth-order valence-corrected chi connectivity index (χ4v) is 5.05. The maximum atomic E-state index is 12.3. The molecule has 12 nitrogen and oxygen atoms in total. The van der Waals surface area contributed by atoms with Crippen molar-refractivity contribution in [1.82, 2.24) is 39.0 Å². The molecule has 0 atom stereocenters. The predicted molar refractivity (Wildman–Crippen MR) is 167 cm³/mol. The zero-order chi connectivity index (χ0) is 31.7. The van der Waals surface area contributed by atoms with Gasteiger partial charge in [-0.25, -0.2) is 19.3 Å². The van der Waals surface area contributed by atoms with Crippen LogP contribution in [0.5, 0.6) is 0 Å². The van der Waals surface area contributed by atoms with Gasteiger partial charge < -0.3 is 10.4 Å². The number of nitrogens with zero attached hydrogens (tertiary/aromatic N) is 8. The van der Waals surface area contributed by atoms with Crippen LogP contribution in [0, 0.1) is 25.7 Å². The summed E-state index contributed by atoms with van der Waals surface area (Å²) in [5.41, 5.74) is 3.54. The molecule has 0 fully saturated rings. The number of aryl methyl sites for hydroxylation is 2. The van der Waals surface area contributed by atoms with Gasteiger partial charge >= 0.3 is 0 Å². The average Bonchev–Trinajstić information content (AvgIpc) is 3.52. The Morgan fingerprint density at radius 1 is 0.682 bits per heavy atom. The maximum Gasteiger partial charge on any atom is 0.295 e. The third-order valence-corrected chi connectivity index (χ3v) is 6.93. The summed E-state index contributed by atoms with van der Waals surface area (Å²) < 4.78 is 4.18. The number of fused-ring (bicyclic) bond motifs is 2. The van der Waals surface area contributed by atoms with Crippen molar-refractivity contribution in [3.63, 3.8) is 0 Å². The summed E-state index contributed by atoms with van der Waals surface area (Å²) in [4.78, 5) is 33.3. The van der Waals surface area contributed by atoms with Crippen molar-refractivity contribution < 1.29 is 10.4 Å². The van der Waals surface area contributed by atoms with Crippen LogP contribution in [0.1, 0.15) is 50.5 Å². The minimum absolute atomic E-state index is 0.108. The summed E-state index contributed by atoms with van der Waals surface area (Å²) in [6, 6.07) is 17.8. The van der Waals surface area contributed by atoms with E-state index in [1.54, 1.807) is 47.1 Å². The molecule has 44 heavy (non-hydrogen) atoms. The van der Waals surface area contributed by atoms with E-state index in [0.717, 1.165) is 35.6 Å². The molecule has 2 aromatic carbocycles. The molecule has 0 bridgehead atoms. The van der Waals surface area contributed by atoms with E-state index in [-0.39, 0.29) is 11.9 Å². The third kappa shape index (κ3) is 5.96. The molecule has 6 rings (SSSR count). The van der Waals surface area contributed by atoms with E-state index in [1.807, 2.05) is 32.0 Å². The second-order valence-corrected chi connectivity index (χ2v) is 11.7. The van der Waals surface area contributed by atoms with Crippen LogP contribution in [0.25, 0.3) is 33.7 Å². The summed E-state index contributed by atoms with van der Waals surface area (Å²) in [6.07, 6.45) is 1.61. The van der Waals surface area contributed by atoms with Gasteiger partial charge in [0.05, 0.1) is 33.2 Å². The highest BCUT2D eigenvalue weighted by Gasteiger charge is 2.18. The number of aromatic nitrogens is 8. The Labute approximate surface area is 253 Å². The Morgan fingerprint density at radius 2 is 1.18 bits per heavy atom. The topological polar surface area (TPSA) is 146 Å². The second-order valence-electron chi connectivity index (χ2n) is 11.7. The van der Waals surface area contributed by atoms with E-state index in [9.17, 15) is 20.0 Å². The number of hydrogen-bond acceptors (Lipinski definition) is 8. The molecule has 228 valence electrons. The van der Waals surface area contributed by atoms with Gasteiger partial charge in [-0.1, -0.05) is 52.0 Å². The Kier molecular flexibility index (Phi) is 8.34.